The summed E-state index contributed by atoms with van der Waals surface area (Å²) in [6.07, 6.45) is 10.4. The molecular weight excluding hydrogens is 176 g/mol. The summed E-state index contributed by atoms with van der Waals surface area (Å²) in [6, 6.07) is 0.670. The van der Waals surface area contributed by atoms with Crippen molar-refractivity contribution in [3.8, 4) is 0 Å². The molecule has 1 aliphatic carbocycles. The Morgan fingerprint density at radius 2 is 2.14 bits per heavy atom. The third kappa shape index (κ3) is 1.25. The molecule has 1 saturated carbocycles. The van der Waals surface area contributed by atoms with Gasteiger partial charge in [0, 0.05) is 18.0 Å². The van der Waals surface area contributed by atoms with Crippen molar-refractivity contribution in [3.05, 3.63) is 12.5 Å². The molecule has 2 aliphatic rings. The van der Waals surface area contributed by atoms with E-state index in [4.69, 9.17) is 0 Å². The molecule has 74 valence electrons. The van der Waals surface area contributed by atoms with Crippen LogP contribution >= 0.6 is 0 Å². The monoisotopic (exact) mass is 191 g/mol. The number of rotatable bonds is 1. The zero-order valence-corrected chi connectivity index (χ0v) is 8.26. The Morgan fingerprint density at radius 3 is 2.93 bits per heavy atom. The third-order valence-electron chi connectivity index (χ3n) is 3.21. The van der Waals surface area contributed by atoms with E-state index in [-0.39, 0.29) is 0 Å². The lowest BCUT2D eigenvalue weighted by atomic mass is 9.95. The number of imidazole rings is 1. The number of nitrogens with zero attached hydrogens (tertiary/aromatic N) is 4. The number of fused-ring (bicyclic) bond motifs is 1. The lowest BCUT2D eigenvalue weighted by molar-refractivity contribution is -0.645. The van der Waals surface area contributed by atoms with Crippen molar-refractivity contribution in [2.45, 2.75) is 44.8 Å². The smallest absolute Gasteiger partial charge is 0.250 e. The molecule has 0 bridgehead atoms. The molecule has 0 atom stereocenters. The number of aromatic nitrogens is 2. The second-order valence-electron chi connectivity index (χ2n) is 4.19. The van der Waals surface area contributed by atoms with Crippen LogP contribution in [0.3, 0.4) is 0 Å². The highest BCUT2D eigenvalue weighted by Crippen LogP contribution is 2.26. The maximum Gasteiger partial charge on any atom is 0.250 e. The Morgan fingerprint density at radius 1 is 1.29 bits per heavy atom. The molecule has 0 amide bonds. The summed E-state index contributed by atoms with van der Waals surface area (Å²) in [6.45, 7) is 0.903. The molecule has 0 radical (unpaired) electrons. The van der Waals surface area contributed by atoms with Crippen LogP contribution in [0.4, 0.5) is 5.82 Å². The zero-order valence-electron chi connectivity index (χ0n) is 8.26. The SMILES string of the molecule is c1ncn2c1N=[N+](C1CCCCC1)C2. The summed E-state index contributed by atoms with van der Waals surface area (Å²) in [5.41, 5.74) is 0. The molecule has 0 spiro atoms. The van der Waals surface area contributed by atoms with Gasteiger partial charge in [0.1, 0.15) is 6.33 Å². The lowest BCUT2D eigenvalue weighted by Gasteiger charge is -2.15. The van der Waals surface area contributed by atoms with Crippen LogP contribution in [0.25, 0.3) is 0 Å². The Labute approximate surface area is 83.3 Å². The average Bonchev–Trinajstić information content (AvgIpc) is 2.78. The zero-order chi connectivity index (χ0) is 9.38. The van der Waals surface area contributed by atoms with E-state index in [1.54, 1.807) is 0 Å². The first-order chi connectivity index (χ1) is 6.93. The van der Waals surface area contributed by atoms with Crippen molar-refractivity contribution < 1.29 is 4.70 Å². The van der Waals surface area contributed by atoms with Crippen LogP contribution in [0.15, 0.2) is 17.6 Å². The molecule has 4 heteroatoms. The van der Waals surface area contributed by atoms with Crippen molar-refractivity contribution in [2.75, 3.05) is 0 Å². The highest BCUT2D eigenvalue weighted by molar-refractivity contribution is 5.22. The normalized spacial score (nSPS) is 22.1. The maximum atomic E-state index is 4.57. The van der Waals surface area contributed by atoms with Gasteiger partial charge in [-0.2, -0.15) is 0 Å². The van der Waals surface area contributed by atoms with Crippen molar-refractivity contribution in [3.63, 3.8) is 0 Å². The first-order valence-electron chi connectivity index (χ1n) is 5.42. The number of hydrogen-bond donors (Lipinski definition) is 0. The van der Waals surface area contributed by atoms with Crippen molar-refractivity contribution >= 4 is 5.82 Å². The Bertz CT molecular complexity index is 360. The Hall–Kier alpha value is -1.19. The van der Waals surface area contributed by atoms with Crippen LogP contribution in [0.2, 0.25) is 0 Å². The van der Waals surface area contributed by atoms with Gasteiger partial charge in [0.05, 0.1) is 6.20 Å². The van der Waals surface area contributed by atoms with Gasteiger partial charge in [-0.15, -0.1) is 0 Å². The van der Waals surface area contributed by atoms with Gasteiger partial charge in [-0.3, -0.25) is 4.57 Å². The third-order valence-corrected chi connectivity index (χ3v) is 3.21. The van der Waals surface area contributed by atoms with Crippen molar-refractivity contribution in [1.29, 1.82) is 0 Å². The van der Waals surface area contributed by atoms with Crippen molar-refractivity contribution in [1.82, 2.24) is 9.55 Å². The molecule has 0 unspecified atom stereocenters. The number of azo groups is 2. The van der Waals surface area contributed by atoms with Gasteiger partial charge in [0.2, 0.25) is 5.82 Å². The Kier molecular flexibility index (Phi) is 1.85. The van der Waals surface area contributed by atoms with E-state index >= 15 is 0 Å². The molecule has 1 aliphatic heterocycles. The van der Waals surface area contributed by atoms with E-state index in [0.717, 1.165) is 12.5 Å². The molecular formula is C10H15N4+. The highest BCUT2D eigenvalue weighted by atomic mass is 15.4. The minimum atomic E-state index is 0.670. The standard InChI is InChI=1S/C10H15N4/c1-2-4-9(5-3-1)14-8-13-7-11-6-10(13)12-14/h6-7,9H,1-5,8H2/q+1. The Balaban J connectivity index is 1.78. The van der Waals surface area contributed by atoms with Crippen LogP contribution in [0.1, 0.15) is 32.1 Å². The van der Waals surface area contributed by atoms with Gasteiger partial charge in [-0.1, -0.05) is 11.1 Å². The highest BCUT2D eigenvalue weighted by Gasteiger charge is 2.30. The maximum absolute atomic E-state index is 4.57. The molecule has 4 nitrogen and oxygen atoms in total. The average molecular weight is 191 g/mol. The molecule has 1 aromatic rings. The molecule has 1 fully saturated rings. The van der Waals surface area contributed by atoms with Gasteiger partial charge in [0.25, 0.3) is 6.67 Å². The van der Waals surface area contributed by atoms with E-state index in [1.165, 1.54) is 32.1 Å². The van der Waals surface area contributed by atoms with E-state index in [9.17, 15) is 0 Å². The molecule has 0 saturated heterocycles. The van der Waals surface area contributed by atoms with Crippen LogP contribution in [-0.2, 0) is 6.67 Å². The van der Waals surface area contributed by atoms with E-state index in [0.29, 0.717) is 6.04 Å². The van der Waals surface area contributed by atoms with Crippen LogP contribution in [0, 0.1) is 0 Å². The lowest BCUT2D eigenvalue weighted by Crippen LogP contribution is -2.26. The largest absolute Gasteiger partial charge is 0.251 e. The summed E-state index contributed by atoms with van der Waals surface area (Å²) in [5.74, 6) is 1.01. The fraction of sp³-hybridized carbons (Fsp3) is 0.700. The summed E-state index contributed by atoms with van der Waals surface area (Å²) in [5, 5.41) is 4.57. The molecule has 2 heterocycles. The first-order valence-corrected chi connectivity index (χ1v) is 5.42. The summed E-state index contributed by atoms with van der Waals surface area (Å²) < 4.78 is 4.34. The molecule has 14 heavy (non-hydrogen) atoms. The molecule has 0 aromatic carbocycles. The van der Waals surface area contributed by atoms with Crippen LogP contribution < -0.4 is 0 Å². The van der Waals surface area contributed by atoms with Crippen LogP contribution in [-0.4, -0.2) is 20.3 Å². The van der Waals surface area contributed by atoms with Crippen LogP contribution in [0.5, 0.6) is 0 Å². The van der Waals surface area contributed by atoms with Crippen molar-refractivity contribution in [2.24, 2.45) is 5.11 Å². The minimum Gasteiger partial charge on any atom is -0.251 e. The fourth-order valence-corrected chi connectivity index (χ4v) is 2.40. The summed E-state index contributed by atoms with van der Waals surface area (Å²) in [7, 11) is 0. The van der Waals surface area contributed by atoms with Gasteiger partial charge in [-0.05, 0) is 12.8 Å². The number of hydrogen-bond acceptors (Lipinski definition) is 2. The van der Waals surface area contributed by atoms with Gasteiger partial charge in [-0.25, -0.2) is 4.98 Å². The van der Waals surface area contributed by atoms with Gasteiger partial charge >= 0.3 is 0 Å². The predicted octanol–water partition coefficient (Wildman–Crippen LogP) is 2.28. The van der Waals surface area contributed by atoms with E-state index < -0.39 is 0 Å². The van der Waals surface area contributed by atoms with Gasteiger partial charge in [0.15, 0.2) is 6.04 Å². The topological polar surface area (TPSA) is 33.2 Å². The second kappa shape index (κ2) is 3.19. The van der Waals surface area contributed by atoms with Gasteiger partial charge < -0.3 is 0 Å². The second-order valence-corrected chi connectivity index (χ2v) is 4.19. The molecule has 1 aromatic heterocycles. The molecule has 3 rings (SSSR count). The predicted molar refractivity (Wildman–Crippen MR) is 51.4 cm³/mol. The van der Waals surface area contributed by atoms with E-state index in [1.807, 2.05) is 12.5 Å². The quantitative estimate of drug-likeness (QED) is 0.627. The summed E-state index contributed by atoms with van der Waals surface area (Å²) in [4.78, 5) is 4.07. The van der Waals surface area contributed by atoms with E-state index in [2.05, 4.69) is 19.4 Å². The molecule has 0 N–H and O–H groups in total. The minimum absolute atomic E-state index is 0.670. The first kappa shape index (κ1) is 8.15. The fourth-order valence-electron chi connectivity index (χ4n) is 2.40. The summed E-state index contributed by atoms with van der Waals surface area (Å²) >= 11 is 0.